The van der Waals surface area contributed by atoms with Crippen molar-refractivity contribution in [3.05, 3.63) is 54.6 Å². The molecule has 0 bridgehead atoms. The fourth-order valence-electron chi connectivity index (χ4n) is 2.45. The molecule has 0 saturated heterocycles. The van der Waals surface area contributed by atoms with Crippen LogP contribution in [0.1, 0.15) is 26.2 Å². The van der Waals surface area contributed by atoms with Gasteiger partial charge in [0.1, 0.15) is 5.75 Å². The van der Waals surface area contributed by atoms with Crippen molar-refractivity contribution in [3.8, 4) is 5.75 Å². The summed E-state index contributed by atoms with van der Waals surface area (Å²) in [7, 11) is 0. The highest BCUT2D eigenvalue weighted by Crippen LogP contribution is 2.29. The largest absolute Gasteiger partial charge is 0.427 e. The molecule has 0 spiro atoms. The Hall–Kier alpha value is -2.16. The van der Waals surface area contributed by atoms with Crippen LogP contribution in [0.25, 0.3) is 0 Å². The van der Waals surface area contributed by atoms with Crippen LogP contribution in [0, 0.1) is 11.8 Å². The van der Waals surface area contributed by atoms with Crippen molar-refractivity contribution >= 4 is 11.8 Å². The SMILES string of the molecule is CC/C=C\C[C@H]1C(=O)C=C[C@H]1CC(=O)Oc1ccccc1. The second-order valence-electron chi connectivity index (χ2n) is 5.14. The van der Waals surface area contributed by atoms with Gasteiger partial charge in [-0.15, -0.1) is 0 Å². The van der Waals surface area contributed by atoms with Crippen LogP contribution in [0.3, 0.4) is 0 Å². The van der Waals surface area contributed by atoms with Crippen LogP contribution in [-0.2, 0) is 9.59 Å². The van der Waals surface area contributed by atoms with Gasteiger partial charge < -0.3 is 4.74 Å². The summed E-state index contributed by atoms with van der Waals surface area (Å²) in [5.41, 5.74) is 0. The number of ketones is 1. The highest BCUT2D eigenvalue weighted by atomic mass is 16.5. The molecule has 2 rings (SSSR count). The number of allylic oxidation sites excluding steroid dienone is 4. The van der Waals surface area contributed by atoms with Crippen LogP contribution in [0.2, 0.25) is 0 Å². The topological polar surface area (TPSA) is 43.4 Å². The number of ether oxygens (including phenoxy) is 1. The van der Waals surface area contributed by atoms with Gasteiger partial charge >= 0.3 is 5.97 Å². The maximum absolute atomic E-state index is 12.0. The molecule has 3 nitrogen and oxygen atoms in total. The van der Waals surface area contributed by atoms with Crippen LogP contribution < -0.4 is 4.74 Å². The molecular weight excluding hydrogens is 264 g/mol. The van der Waals surface area contributed by atoms with E-state index < -0.39 is 0 Å². The van der Waals surface area contributed by atoms with Gasteiger partial charge in [0.15, 0.2) is 5.78 Å². The molecule has 110 valence electrons. The van der Waals surface area contributed by atoms with Gasteiger partial charge in [0.2, 0.25) is 0 Å². The van der Waals surface area contributed by atoms with E-state index in [0.29, 0.717) is 12.2 Å². The Bertz CT molecular complexity index is 543. The lowest BCUT2D eigenvalue weighted by Crippen LogP contribution is -2.20. The van der Waals surface area contributed by atoms with Crippen molar-refractivity contribution in [1.29, 1.82) is 0 Å². The standard InChI is InChI=1S/C18H20O3/c1-2-3-5-10-16-14(11-12-17(16)19)13-18(20)21-15-8-6-4-7-9-15/h3-9,11-12,14,16H,2,10,13H2,1H3/b5-3-/t14-,16+/m0/s1. The molecule has 0 amide bonds. The van der Waals surface area contributed by atoms with Crippen LogP contribution in [-0.4, -0.2) is 11.8 Å². The Morgan fingerprint density at radius 2 is 2.00 bits per heavy atom. The number of rotatable bonds is 6. The molecule has 0 fully saturated rings. The summed E-state index contributed by atoms with van der Waals surface area (Å²) in [5.74, 6) is 0.160. The number of carbonyl (C=O) groups is 2. The Kier molecular flexibility index (Phi) is 5.50. The second-order valence-corrected chi connectivity index (χ2v) is 5.14. The Morgan fingerprint density at radius 1 is 1.24 bits per heavy atom. The van der Waals surface area contributed by atoms with Crippen molar-refractivity contribution in [2.45, 2.75) is 26.2 Å². The zero-order valence-electron chi connectivity index (χ0n) is 12.2. The quantitative estimate of drug-likeness (QED) is 0.454. The Balaban J connectivity index is 1.91. The monoisotopic (exact) mass is 284 g/mol. The minimum Gasteiger partial charge on any atom is -0.427 e. The molecule has 0 aromatic heterocycles. The zero-order chi connectivity index (χ0) is 15.1. The molecule has 0 N–H and O–H groups in total. The van der Waals surface area contributed by atoms with E-state index in [1.807, 2.05) is 36.4 Å². The van der Waals surface area contributed by atoms with Crippen LogP contribution in [0.15, 0.2) is 54.6 Å². The molecule has 1 aliphatic rings. The van der Waals surface area contributed by atoms with Gasteiger partial charge in [0.25, 0.3) is 0 Å². The third-order valence-electron chi connectivity index (χ3n) is 3.56. The van der Waals surface area contributed by atoms with E-state index in [-0.39, 0.29) is 30.0 Å². The Morgan fingerprint density at radius 3 is 2.71 bits per heavy atom. The molecule has 1 aromatic carbocycles. The first-order valence-electron chi connectivity index (χ1n) is 7.33. The number of para-hydroxylation sites is 1. The summed E-state index contributed by atoms with van der Waals surface area (Å²) in [6.45, 7) is 2.06. The molecule has 0 aliphatic heterocycles. The summed E-state index contributed by atoms with van der Waals surface area (Å²) in [4.78, 5) is 23.8. The van der Waals surface area contributed by atoms with Crippen LogP contribution in [0.4, 0.5) is 0 Å². The van der Waals surface area contributed by atoms with Gasteiger partial charge in [-0.1, -0.05) is 43.4 Å². The van der Waals surface area contributed by atoms with Gasteiger partial charge in [-0.25, -0.2) is 0 Å². The van der Waals surface area contributed by atoms with Crippen molar-refractivity contribution < 1.29 is 14.3 Å². The molecule has 2 atom stereocenters. The van der Waals surface area contributed by atoms with E-state index in [4.69, 9.17) is 4.74 Å². The summed E-state index contributed by atoms with van der Waals surface area (Å²) < 4.78 is 5.28. The highest BCUT2D eigenvalue weighted by Gasteiger charge is 2.31. The average molecular weight is 284 g/mol. The number of hydrogen-bond acceptors (Lipinski definition) is 3. The van der Waals surface area contributed by atoms with Crippen molar-refractivity contribution in [2.24, 2.45) is 11.8 Å². The Labute approximate surface area is 125 Å². The van der Waals surface area contributed by atoms with E-state index in [1.54, 1.807) is 18.2 Å². The third-order valence-corrected chi connectivity index (χ3v) is 3.56. The van der Waals surface area contributed by atoms with Gasteiger partial charge in [-0.05, 0) is 37.0 Å². The second kappa shape index (κ2) is 7.58. The summed E-state index contributed by atoms with van der Waals surface area (Å²) in [6.07, 6.45) is 9.36. The lowest BCUT2D eigenvalue weighted by molar-refractivity contribution is -0.135. The van der Waals surface area contributed by atoms with E-state index in [1.165, 1.54) is 0 Å². The normalized spacial score (nSPS) is 21.1. The molecule has 0 heterocycles. The third kappa shape index (κ3) is 4.42. The molecule has 0 radical (unpaired) electrons. The van der Waals surface area contributed by atoms with Gasteiger partial charge in [-0.3, -0.25) is 9.59 Å². The number of esters is 1. The van der Waals surface area contributed by atoms with Gasteiger partial charge in [0.05, 0.1) is 6.42 Å². The molecule has 21 heavy (non-hydrogen) atoms. The first-order chi connectivity index (χ1) is 10.2. The average Bonchev–Trinajstić information content (AvgIpc) is 2.81. The van der Waals surface area contributed by atoms with E-state index in [9.17, 15) is 9.59 Å². The highest BCUT2D eigenvalue weighted by molar-refractivity contribution is 5.95. The number of hydrogen-bond donors (Lipinski definition) is 0. The fraction of sp³-hybridized carbons (Fsp3) is 0.333. The molecule has 1 aliphatic carbocycles. The van der Waals surface area contributed by atoms with Crippen molar-refractivity contribution in [1.82, 2.24) is 0 Å². The van der Waals surface area contributed by atoms with Gasteiger partial charge in [-0.2, -0.15) is 0 Å². The van der Waals surface area contributed by atoms with Crippen LogP contribution >= 0.6 is 0 Å². The summed E-state index contributed by atoms with van der Waals surface area (Å²) >= 11 is 0. The van der Waals surface area contributed by atoms with E-state index >= 15 is 0 Å². The first-order valence-corrected chi connectivity index (χ1v) is 7.33. The maximum atomic E-state index is 12.0. The minimum atomic E-state index is -0.296. The lowest BCUT2D eigenvalue weighted by Gasteiger charge is -2.15. The predicted octanol–water partition coefficient (Wildman–Crippen LogP) is 3.71. The van der Waals surface area contributed by atoms with E-state index in [2.05, 4.69) is 6.92 Å². The molecule has 3 heteroatoms. The molecular formula is C18H20O3. The van der Waals surface area contributed by atoms with E-state index in [0.717, 1.165) is 6.42 Å². The molecule has 0 unspecified atom stereocenters. The fourth-order valence-corrected chi connectivity index (χ4v) is 2.45. The van der Waals surface area contributed by atoms with Crippen molar-refractivity contribution in [3.63, 3.8) is 0 Å². The first kappa shape index (κ1) is 15.2. The minimum absolute atomic E-state index is 0.0600. The summed E-state index contributed by atoms with van der Waals surface area (Å²) in [5, 5.41) is 0. The van der Waals surface area contributed by atoms with Crippen LogP contribution in [0.5, 0.6) is 5.75 Å². The summed E-state index contributed by atoms with van der Waals surface area (Å²) in [6, 6.07) is 9.00. The number of carbonyl (C=O) groups excluding carboxylic acids is 2. The maximum Gasteiger partial charge on any atom is 0.311 e. The lowest BCUT2D eigenvalue weighted by atomic mass is 9.89. The molecule has 1 aromatic rings. The van der Waals surface area contributed by atoms with Crippen molar-refractivity contribution in [2.75, 3.05) is 0 Å². The predicted molar refractivity (Wildman–Crippen MR) is 81.9 cm³/mol. The zero-order valence-corrected chi connectivity index (χ0v) is 12.2. The number of benzene rings is 1. The molecule has 0 saturated carbocycles. The smallest absolute Gasteiger partial charge is 0.311 e. The van der Waals surface area contributed by atoms with Gasteiger partial charge in [0, 0.05) is 5.92 Å².